The molecule has 0 unspecified atom stereocenters. The summed E-state index contributed by atoms with van der Waals surface area (Å²) in [4.78, 5) is 37.9. The van der Waals surface area contributed by atoms with E-state index in [1.807, 2.05) is 0 Å². The molecule has 0 aromatic rings. The van der Waals surface area contributed by atoms with Crippen molar-refractivity contribution in [1.29, 1.82) is 5.41 Å². The molecule has 0 aliphatic heterocycles. The maximum absolute atomic E-state index is 13.0. The average Bonchev–Trinajstić information content (AvgIpc) is 2.63. The van der Waals surface area contributed by atoms with Crippen LogP contribution in [0.25, 0.3) is 0 Å². The van der Waals surface area contributed by atoms with Crippen LogP contribution in [0.15, 0.2) is 0 Å². The quantitative estimate of drug-likeness (QED) is 0.164. The number of carbonyl (C=O) groups excluding carboxylic acids is 2. The summed E-state index contributed by atoms with van der Waals surface area (Å²) < 4.78 is 0. The summed E-state index contributed by atoms with van der Waals surface area (Å²) in [6.45, 7) is 1.66. The second kappa shape index (κ2) is 11.4. The van der Waals surface area contributed by atoms with Gasteiger partial charge in [-0.15, -0.1) is 0 Å². The summed E-state index contributed by atoms with van der Waals surface area (Å²) in [5, 5.41) is 22.1. The Morgan fingerprint density at radius 1 is 1.26 bits per heavy atom. The number of carboxylic acid groups (broad SMARTS) is 1. The van der Waals surface area contributed by atoms with Gasteiger partial charge < -0.3 is 32.1 Å². The third kappa shape index (κ3) is 7.41. The van der Waals surface area contributed by atoms with Gasteiger partial charge in [-0.05, 0) is 32.6 Å². The van der Waals surface area contributed by atoms with Gasteiger partial charge in [0.2, 0.25) is 11.8 Å². The molecule has 2 atom stereocenters. The Labute approximate surface area is 159 Å². The summed E-state index contributed by atoms with van der Waals surface area (Å²) in [5.41, 5.74) is 10.5. The Kier molecular flexibility index (Phi) is 9.55. The number of nitrogens with one attached hydrogen (secondary N) is 3. The summed E-state index contributed by atoms with van der Waals surface area (Å²) in [6.07, 6.45) is 5.12. The van der Waals surface area contributed by atoms with Crippen LogP contribution in [-0.4, -0.2) is 65.0 Å². The van der Waals surface area contributed by atoms with E-state index in [1.165, 1.54) is 4.90 Å². The fourth-order valence-electron chi connectivity index (χ4n) is 3.43. The molecule has 27 heavy (non-hydrogen) atoms. The Balaban J connectivity index is 2.94. The van der Waals surface area contributed by atoms with Crippen LogP contribution in [0.1, 0.15) is 51.9 Å². The van der Waals surface area contributed by atoms with Crippen molar-refractivity contribution in [2.75, 3.05) is 13.1 Å². The Morgan fingerprint density at radius 2 is 1.89 bits per heavy atom. The van der Waals surface area contributed by atoms with Crippen molar-refractivity contribution < 1.29 is 19.5 Å². The van der Waals surface area contributed by atoms with Gasteiger partial charge >= 0.3 is 5.97 Å². The van der Waals surface area contributed by atoms with Gasteiger partial charge in [-0.1, -0.05) is 19.3 Å². The molecule has 0 radical (unpaired) electrons. The predicted molar refractivity (Wildman–Crippen MR) is 101 cm³/mol. The van der Waals surface area contributed by atoms with Crippen molar-refractivity contribution in [2.45, 2.75) is 70.0 Å². The molecule has 1 fully saturated rings. The highest BCUT2D eigenvalue weighted by atomic mass is 16.4. The standard InChI is InChI=1S/C17H32N6O4/c1-11(22-14(24)10-18)15(25)23(12-6-3-2-4-7-12)13(16(26)27)8-5-9-21-17(19)20/h11-13H,2-10,18H2,1H3,(H,22,24)(H,26,27)(H4,19,20,21)/t11-,13-/m0/s1. The summed E-state index contributed by atoms with van der Waals surface area (Å²) >= 11 is 0. The highest BCUT2D eigenvalue weighted by molar-refractivity contribution is 5.90. The molecule has 0 spiro atoms. The van der Waals surface area contributed by atoms with E-state index in [1.54, 1.807) is 6.92 Å². The fourth-order valence-corrected chi connectivity index (χ4v) is 3.43. The lowest BCUT2D eigenvalue weighted by atomic mass is 9.91. The number of carbonyl (C=O) groups is 3. The Hall–Kier alpha value is -2.36. The lowest BCUT2D eigenvalue weighted by molar-refractivity contribution is -0.154. The molecule has 1 saturated carbocycles. The number of hydrogen-bond donors (Lipinski definition) is 6. The Morgan fingerprint density at radius 3 is 2.41 bits per heavy atom. The maximum Gasteiger partial charge on any atom is 0.326 e. The molecule has 1 aliphatic carbocycles. The number of hydrogen-bond acceptors (Lipinski definition) is 5. The third-order valence-electron chi connectivity index (χ3n) is 4.75. The van der Waals surface area contributed by atoms with Crippen molar-refractivity contribution in [3.63, 3.8) is 0 Å². The molecule has 2 amide bonds. The zero-order valence-electron chi connectivity index (χ0n) is 15.9. The normalized spacial score (nSPS) is 16.8. The number of guanidine groups is 1. The van der Waals surface area contributed by atoms with Crippen LogP contribution in [0.2, 0.25) is 0 Å². The largest absolute Gasteiger partial charge is 0.480 e. The maximum atomic E-state index is 13.0. The number of nitrogens with two attached hydrogens (primary N) is 2. The molecule has 1 aliphatic rings. The van der Waals surface area contributed by atoms with Crippen molar-refractivity contribution >= 4 is 23.7 Å². The fraction of sp³-hybridized carbons (Fsp3) is 0.765. The van der Waals surface area contributed by atoms with Crippen molar-refractivity contribution in [3.05, 3.63) is 0 Å². The zero-order chi connectivity index (χ0) is 20.4. The van der Waals surface area contributed by atoms with Gasteiger partial charge in [0.05, 0.1) is 6.54 Å². The van der Waals surface area contributed by atoms with Gasteiger partial charge in [0.1, 0.15) is 12.1 Å². The molecule has 0 saturated heterocycles. The van der Waals surface area contributed by atoms with Gasteiger partial charge in [0, 0.05) is 12.6 Å². The lowest BCUT2D eigenvalue weighted by Gasteiger charge is -2.39. The molecule has 0 aromatic heterocycles. The van der Waals surface area contributed by atoms with E-state index in [4.69, 9.17) is 16.9 Å². The first-order chi connectivity index (χ1) is 12.8. The van der Waals surface area contributed by atoms with E-state index in [9.17, 15) is 19.5 Å². The minimum Gasteiger partial charge on any atom is -0.480 e. The van der Waals surface area contributed by atoms with Crippen LogP contribution in [0, 0.1) is 5.41 Å². The van der Waals surface area contributed by atoms with Crippen LogP contribution < -0.4 is 22.1 Å². The van der Waals surface area contributed by atoms with Crippen LogP contribution in [-0.2, 0) is 14.4 Å². The highest BCUT2D eigenvalue weighted by Gasteiger charge is 2.37. The van der Waals surface area contributed by atoms with Gasteiger partial charge in [-0.2, -0.15) is 0 Å². The van der Waals surface area contributed by atoms with E-state index in [2.05, 4.69) is 10.6 Å². The van der Waals surface area contributed by atoms with Crippen LogP contribution in [0.3, 0.4) is 0 Å². The third-order valence-corrected chi connectivity index (χ3v) is 4.75. The van der Waals surface area contributed by atoms with E-state index in [0.29, 0.717) is 13.0 Å². The van der Waals surface area contributed by atoms with Gasteiger partial charge in [0.25, 0.3) is 0 Å². The van der Waals surface area contributed by atoms with Gasteiger partial charge in [-0.3, -0.25) is 15.0 Å². The van der Waals surface area contributed by atoms with Crippen molar-refractivity contribution in [1.82, 2.24) is 15.5 Å². The molecular formula is C17H32N6O4. The molecule has 10 heteroatoms. The first-order valence-corrected chi connectivity index (χ1v) is 9.40. The molecular weight excluding hydrogens is 352 g/mol. The second-order valence-corrected chi connectivity index (χ2v) is 6.87. The number of nitrogens with zero attached hydrogens (tertiary/aromatic N) is 1. The lowest BCUT2D eigenvalue weighted by Crippen LogP contribution is -2.57. The number of aliphatic carboxylic acids is 1. The summed E-state index contributed by atoms with van der Waals surface area (Å²) in [5.74, 6) is -2.12. The topological polar surface area (TPSA) is 175 Å². The minimum atomic E-state index is -1.07. The van der Waals surface area contributed by atoms with Crippen molar-refractivity contribution in [2.24, 2.45) is 11.5 Å². The molecule has 0 aromatic carbocycles. The highest BCUT2D eigenvalue weighted by Crippen LogP contribution is 2.26. The van der Waals surface area contributed by atoms with Crippen LogP contribution in [0.5, 0.6) is 0 Å². The minimum absolute atomic E-state index is 0.162. The zero-order valence-corrected chi connectivity index (χ0v) is 15.9. The number of carboxylic acids is 1. The molecule has 1 rings (SSSR count). The molecule has 8 N–H and O–H groups in total. The molecule has 10 nitrogen and oxygen atoms in total. The smallest absolute Gasteiger partial charge is 0.326 e. The van der Waals surface area contributed by atoms with E-state index in [-0.39, 0.29) is 25.0 Å². The number of amides is 2. The number of rotatable bonds is 10. The molecule has 0 heterocycles. The Bertz CT molecular complexity index is 536. The summed E-state index contributed by atoms with van der Waals surface area (Å²) in [7, 11) is 0. The average molecular weight is 384 g/mol. The summed E-state index contributed by atoms with van der Waals surface area (Å²) in [6, 6.07) is -2.00. The van der Waals surface area contributed by atoms with E-state index < -0.39 is 29.9 Å². The SMILES string of the molecule is C[C@H](NC(=O)CN)C(=O)N(C1CCCCC1)[C@@H](CCCNC(=N)N)C(=O)O. The van der Waals surface area contributed by atoms with Gasteiger partial charge in [-0.25, -0.2) is 4.79 Å². The van der Waals surface area contributed by atoms with Crippen LogP contribution >= 0.6 is 0 Å². The molecule has 154 valence electrons. The van der Waals surface area contributed by atoms with Gasteiger partial charge in [0.15, 0.2) is 5.96 Å². The van der Waals surface area contributed by atoms with E-state index in [0.717, 1.165) is 32.1 Å². The predicted octanol–water partition coefficient (Wildman–Crippen LogP) is -0.672. The van der Waals surface area contributed by atoms with Crippen molar-refractivity contribution in [3.8, 4) is 0 Å². The first-order valence-electron chi connectivity index (χ1n) is 9.40. The van der Waals surface area contributed by atoms with E-state index >= 15 is 0 Å². The first kappa shape index (κ1) is 22.7. The monoisotopic (exact) mass is 384 g/mol. The van der Waals surface area contributed by atoms with Crippen LogP contribution in [0.4, 0.5) is 0 Å². The molecule has 0 bridgehead atoms. The second-order valence-electron chi connectivity index (χ2n) is 6.87.